The highest BCUT2D eigenvalue weighted by Gasteiger charge is 2.32. The molecule has 0 saturated heterocycles. The summed E-state index contributed by atoms with van der Waals surface area (Å²) in [6.07, 6.45) is -4.76. The van der Waals surface area contributed by atoms with E-state index in [0.29, 0.717) is 15.6 Å². The predicted octanol–water partition coefficient (Wildman–Crippen LogP) is 4.65. The standard InChI is InChI=1S/C10H5ClF3NOS2/c11-6-3-5(7-4-18-9(17)15-7)1-2-8(6)16-10(12,13)14/h1-4H,(H,15,17). The number of hydrogen-bond donors (Lipinski definition) is 1. The zero-order valence-electron chi connectivity index (χ0n) is 8.53. The van der Waals surface area contributed by atoms with Crippen LogP contribution < -0.4 is 4.74 Å². The molecule has 0 saturated carbocycles. The van der Waals surface area contributed by atoms with Gasteiger partial charge in [-0.15, -0.1) is 37.1 Å². The largest absolute Gasteiger partial charge is 0.573 e. The Morgan fingerprint density at radius 1 is 1.33 bits per heavy atom. The van der Waals surface area contributed by atoms with Crippen LogP contribution in [-0.4, -0.2) is 11.3 Å². The molecule has 0 aliphatic rings. The zero-order chi connectivity index (χ0) is 13.3. The molecule has 0 fully saturated rings. The number of thiol groups is 1. The van der Waals surface area contributed by atoms with Crippen molar-refractivity contribution in [3.05, 3.63) is 28.6 Å². The SMILES string of the molecule is FC(F)(F)Oc1ccc(-c2csc(S)n2)cc1Cl. The van der Waals surface area contributed by atoms with E-state index in [1.54, 1.807) is 5.38 Å². The average Bonchev–Trinajstić information content (AvgIpc) is 2.66. The van der Waals surface area contributed by atoms with E-state index in [1.165, 1.54) is 23.5 Å². The molecule has 18 heavy (non-hydrogen) atoms. The van der Waals surface area contributed by atoms with Crippen molar-refractivity contribution in [3.63, 3.8) is 0 Å². The van der Waals surface area contributed by atoms with E-state index < -0.39 is 12.1 Å². The van der Waals surface area contributed by atoms with Crippen molar-refractivity contribution >= 4 is 35.6 Å². The van der Waals surface area contributed by atoms with Gasteiger partial charge in [0.25, 0.3) is 0 Å². The van der Waals surface area contributed by atoms with Gasteiger partial charge >= 0.3 is 6.36 Å². The Kier molecular flexibility index (Phi) is 3.74. The summed E-state index contributed by atoms with van der Waals surface area (Å²) in [7, 11) is 0. The van der Waals surface area contributed by atoms with Crippen molar-refractivity contribution in [3.8, 4) is 17.0 Å². The van der Waals surface area contributed by atoms with Crippen LogP contribution in [0.15, 0.2) is 27.9 Å². The molecule has 0 N–H and O–H groups in total. The van der Waals surface area contributed by atoms with Crippen LogP contribution in [0.3, 0.4) is 0 Å². The highest BCUT2D eigenvalue weighted by Crippen LogP contribution is 2.34. The molecule has 1 aromatic heterocycles. The summed E-state index contributed by atoms with van der Waals surface area (Å²) in [6.45, 7) is 0. The molecule has 1 aromatic carbocycles. The topological polar surface area (TPSA) is 22.1 Å². The summed E-state index contributed by atoms with van der Waals surface area (Å²) < 4.78 is 40.5. The number of halogens is 4. The van der Waals surface area contributed by atoms with Gasteiger partial charge in [-0.05, 0) is 18.2 Å². The van der Waals surface area contributed by atoms with Gasteiger partial charge < -0.3 is 4.74 Å². The molecule has 96 valence electrons. The number of thiazole rings is 1. The Bertz CT molecular complexity index is 570. The molecule has 0 amide bonds. The Hall–Kier alpha value is -0.920. The third-order valence-electron chi connectivity index (χ3n) is 1.95. The summed E-state index contributed by atoms with van der Waals surface area (Å²) in [4.78, 5) is 4.09. The minimum Gasteiger partial charge on any atom is -0.404 e. The van der Waals surface area contributed by atoms with E-state index in [4.69, 9.17) is 11.6 Å². The Balaban J connectivity index is 2.30. The van der Waals surface area contributed by atoms with E-state index in [1.807, 2.05) is 0 Å². The van der Waals surface area contributed by atoms with Crippen LogP contribution in [0.2, 0.25) is 5.02 Å². The molecule has 2 rings (SSSR count). The van der Waals surface area contributed by atoms with Gasteiger partial charge in [-0.25, -0.2) is 4.98 Å². The van der Waals surface area contributed by atoms with Crippen molar-refractivity contribution in [2.24, 2.45) is 0 Å². The van der Waals surface area contributed by atoms with Gasteiger partial charge in [0.05, 0.1) is 10.7 Å². The monoisotopic (exact) mass is 311 g/mol. The van der Waals surface area contributed by atoms with Crippen LogP contribution in [-0.2, 0) is 0 Å². The van der Waals surface area contributed by atoms with Crippen molar-refractivity contribution in [2.75, 3.05) is 0 Å². The summed E-state index contributed by atoms with van der Waals surface area (Å²) in [5.74, 6) is -0.436. The van der Waals surface area contributed by atoms with E-state index >= 15 is 0 Å². The zero-order valence-corrected chi connectivity index (χ0v) is 11.0. The van der Waals surface area contributed by atoms with Crippen LogP contribution in [0.1, 0.15) is 0 Å². The molecular formula is C10H5ClF3NOS2. The minimum atomic E-state index is -4.76. The van der Waals surface area contributed by atoms with Crippen molar-refractivity contribution in [2.45, 2.75) is 10.7 Å². The van der Waals surface area contributed by atoms with Gasteiger partial charge in [0.2, 0.25) is 0 Å². The number of alkyl halides is 3. The van der Waals surface area contributed by atoms with Gasteiger partial charge in [-0.1, -0.05) is 11.6 Å². The summed E-state index contributed by atoms with van der Waals surface area (Å²) in [6, 6.07) is 3.98. The normalized spacial score (nSPS) is 11.6. The third kappa shape index (κ3) is 3.30. The van der Waals surface area contributed by atoms with Crippen molar-refractivity contribution in [1.82, 2.24) is 4.98 Å². The van der Waals surface area contributed by atoms with Gasteiger partial charge in [0.15, 0.2) is 0 Å². The number of ether oxygens (including phenoxy) is 1. The van der Waals surface area contributed by atoms with Crippen LogP contribution >= 0.6 is 35.6 Å². The number of benzene rings is 1. The first-order valence-electron chi connectivity index (χ1n) is 4.55. The second kappa shape index (κ2) is 4.99. The molecule has 1 heterocycles. The highest BCUT2D eigenvalue weighted by atomic mass is 35.5. The van der Waals surface area contributed by atoms with Crippen LogP contribution in [0, 0.1) is 0 Å². The number of nitrogens with zero attached hydrogens (tertiary/aromatic N) is 1. The van der Waals surface area contributed by atoms with E-state index in [0.717, 1.165) is 6.07 Å². The second-order valence-corrected chi connectivity index (χ2v) is 5.20. The van der Waals surface area contributed by atoms with Gasteiger partial charge in [0.1, 0.15) is 10.1 Å². The molecule has 0 spiro atoms. The lowest BCUT2D eigenvalue weighted by atomic mass is 10.2. The molecule has 0 unspecified atom stereocenters. The Morgan fingerprint density at radius 2 is 2.06 bits per heavy atom. The fourth-order valence-electron chi connectivity index (χ4n) is 1.26. The molecule has 0 aliphatic carbocycles. The van der Waals surface area contributed by atoms with E-state index in [2.05, 4.69) is 22.3 Å². The van der Waals surface area contributed by atoms with Gasteiger partial charge in [-0.3, -0.25) is 0 Å². The molecule has 2 aromatic rings. The van der Waals surface area contributed by atoms with Gasteiger partial charge in [-0.2, -0.15) is 0 Å². The fraction of sp³-hybridized carbons (Fsp3) is 0.100. The lowest BCUT2D eigenvalue weighted by Gasteiger charge is -2.10. The van der Waals surface area contributed by atoms with E-state index in [9.17, 15) is 13.2 Å². The quantitative estimate of drug-likeness (QED) is 0.815. The number of rotatable bonds is 2. The second-order valence-electron chi connectivity index (χ2n) is 3.21. The van der Waals surface area contributed by atoms with Gasteiger partial charge in [0, 0.05) is 10.9 Å². The Morgan fingerprint density at radius 3 is 2.56 bits per heavy atom. The highest BCUT2D eigenvalue weighted by molar-refractivity contribution is 7.82. The molecule has 0 bridgehead atoms. The first-order valence-corrected chi connectivity index (χ1v) is 6.26. The van der Waals surface area contributed by atoms with Crippen LogP contribution in [0.5, 0.6) is 5.75 Å². The fourth-order valence-corrected chi connectivity index (χ4v) is 2.31. The lowest BCUT2D eigenvalue weighted by molar-refractivity contribution is -0.274. The molecule has 0 radical (unpaired) electrons. The number of aromatic nitrogens is 1. The average molecular weight is 312 g/mol. The minimum absolute atomic E-state index is 0.126. The van der Waals surface area contributed by atoms with Crippen molar-refractivity contribution < 1.29 is 17.9 Å². The predicted molar refractivity (Wildman–Crippen MR) is 66.5 cm³/mol. The first kappa shape index (κ1) is 13.5. The molecule has 2 nitrogen and oxygen atoms in total. The summed E-state index contributed by atoms with van der Waals surface area (Å²) >= 11 is 11.1. The molecule has 0 aliphatic heterocycles. The lowest BCUT2D eigenvalue weighted by Crippen LogP contribution is -2.17. The summed E-state index contributed by atoms with van der Waals surface area (Å²) in [5.41, 5.74) is 1.21. The first-order chi connectivity index (χ1) is 8.35. The summed E-state index contributed by atoms with van der Waals surface area (Å²) in [5, 5.41) is 1.61. The maximum absolute atomic E-state index is 12.0. The van der Waals surface area contributed by atoms with Crippen LogP contribution in [0.4, 0.5) is 13.2 Å². The van der Waals surface area contributed by atoms with E-state index in [-0.39, 0.29) is 5.02 Å². The third-order valence-corrected chi connectivity index (χ3v) is 3.30. The Labute approximate surface area is 115 Å². The maximum atomic E-state index is 12.0. The van der Waals surface area contributed by atoms with Crippen molar-refractivity contribution in [1.29, 1.82) is 0 Å². The molecule has 0 atom stereocenters. The molecular weight excluding hydrogens is 307 g/mol. The maximum Gasteiger partial charge on any atom is 0.573 e. The number of hydrogen-bond acceptors (Lipinski definition) is 4. The molecule has 8 heteroatoms. The van der Waals surface area contributed by atoms with Crippen LogP contribution in [0.25, 0.3) is 11.3 Å². The smallest absolute Gasteiger partial charge is 0.404 e.